The molecule has 0 unspecified atom stereocenters. The first-order chi connectivity index (χ1) is 13.1. The first kappa shape index (κ1) is 18.5. The molecule has 0 atom stereocenters. The molecule has 2 heterocycles. The van der Waals surface area contributed by atoms with Crippen LogP contribution in [-0.4, -0.2) is 19.0 Å². The number of hydrogen-bond donors (Lipinski definition) is 0. The standard InChI is InChI=1S/C21H20O6/c1-14-12-17(27-20(14)21(23)24-2)13-25-19(22)11-9-16-8-10-18(26-16)15-6-4-3-5-7-15/h3-8,10,12H,9,11,13H2,1-2H3. The second-order valence-electron chi connectivity index (χ2n) is 6.01. The van der Waals surface area contributed by atoms with Crippen LogP contribution in [0.15, 0.2) is 57.4 Å². The third kappa shape index (κ3) is 4.67. The fourth-order valence-electron chi connectivity index (χ4n) is 2.63. The van der Waals surface area contributed by atoms with Crippen molar-refractivity contribution >= 4 is 11.9 Å². The lowest BCUT2D eigenvalue weighted by atomic mass is 10.2. The third-order valence-electron chi connectivity index (χ3n) is 4.01. The highest BCUT2D eigenvalue weighted by Crippen LogP contribution is 2.22. The third-order valence-corrected chi connectivity index (χ3v) is 4.01. The van der Waals surface area contributed by atoms with Crippen molar-refractivity contribution in [1.29, 1.82) is 0 Å². The summed E-state index contributed by atoms with van der Waals surface area (Å²) in [4.78, 5) is 23.5. The van der Waals surface area contributed by atoms with Crippen molar-refractivity contribution in [3.05, 3.63) is 71.4 Å². The number of esters is 2. The van der Waals surface area contributed by atoms with Crippen molar-refractivity contribution in [3.8, 4) is 11.3 Å². The Balaban J connectivity index is 1.49. The smallest absolute Gasteiger partial charge is 0.374 e. The fourth-order valence-corrected chi connectivity index (χ4v) is 2.63. The quantitative estimate of drug-likeness (QED) is 0.578. The van der Waals surface area contributed by atoms with Gasteiger partial charge in [-0.2, -0.15) is 0 Å². The maximum Gasteiger partial charge on any atom is 0.374 e. The Labute approximate surface area is 156 Å². The molecule has 2 aromatic heterocycles. The van der Waals surface area contributed by atoms with Crippen LogP contribution in [0.4, 0.5) is 0 Å². The highest BCUT2D eigenvalue weighted by molar-refractivity contribution is 5.87. The van der Waals surface area contributed by atoms with Gasteiger partial charge >= 0.3 is 11.9 Å². The van der Waals surface area contributed by atoms with Crippen molar-refractivity contribution in [2.45, 2.75) is 26.4 Å². The van der Waals surface area contributed by atoms with E-state index in [1.165, 1.54) is 7.11 Å². The van der Waals surface area contributed by atoms with Crippen LogP contribution in [0.2, 0.25) is 0 Å². The van der Waals surface area contributed by atoms with Crippen LogP contribution in [0.25, 0.3) is 11.3 Å². The van der Waals surface area contributed by atoms with E-state index in [1.807, 2.05) is 42.5 Å². The van der Waals surface area contributed by atoms with Crippen molar-refractivity contribution in [3.63, 3.8) is 0 Å². The molecule has 0 N–H and O–H groups in total. The van der Waals surface area contributed by atoms with E-state index >= 15 is 0 Å². The number of aryl methyl sites for hydroxylation is 2. The van der Waals surface area contributed by atoms with E-state index < -0.39 is 5.97 Å². The molecule has 0 aliphatic rings. The Bertz CT molecular complexity index is 919. The summed E-state index contributed by atoms with van der Waals surface area (Å²) in [7, 11) is 1.28. The summed E-state index contributed by atoms with van der Waals surface area (Å²) in [6, 6.07) is 15.1. The number of carbonyl (C=O) groups is 2. The number of rotatable bonds is 7. The topological polar surface area (TPSA) is 78.9 Å². The van der Waals surface area contributed by atoms with Gasteiger partial charge in [-0.3, -0.25) is 4.79 Å². The molecular weight excluding hydrogens is 348 g/mol. The highest BCUT2D eigenvalue weighted by Gasteiger charge is 2.17. The Hall–Kier alpha value is -3.28. The molecule has 0 saturated heterocycles. The Morgan fingerprint density at radius 2 is 1.78 bits per heavy atom. The van der Waals surface area contributed by atoms with Gasteiger partial charge in [0.25, 0.3) is 0 Å². The van der Waals surface area contributed by atoms with Gasteiger partial charge in [-0.1, -0.05) is 30.3 Å². The van der Waals surface area contributed by atoms with Crippen LogP contribution in [-0.2, 0) is 27.3 Å². The zero-order valence-corrected chi connectivity index (χ0v) is 15.2. The first-order valence-electron chi connectivity index (χ1n) is 8.54. The normalized spacial score (nSPS) is 10.6. The van der Waals surface area contributed by atoms with Gasteiger partial charge in [-0.05, 0) is 25.1 Å². The minimum atomic E-state index is -0.558. The summed E-state index contributed by atoms with van der Waals surface area (Å²) in [5, 5.41) is 0. The molecule has 0 radical (unpaired) electrons. The molecule has 3 rings (SSSR count). The average molecular weight is 368 g/mol. The molecule has 0 saturated carbocycles. The number of methoxy groups -OCH3 is 1. The van der Waals surface area contributed by atoms with E-state index in [-0.39, 0.29) is 24.8 Å². The predicted octanol–water partition coefficient (Wildman–Crippen LogP) is 4.31. The molecule has 0 aliphatic heterocycles. The van der Waals surface area contributed by atoms with Crippen molar-refractivity contribution in [2.24, 2.45) is 0 Å². The van der Waals surface area contributed by atoms with Crippen molar-refractivity contribution in [2.75, 3.05) is 7.11 Å². The Kier molecular flexibility index (Phi) is 5.76. The largest absolute Gasteiger partial charge is 0.463 e. The van der Waals surface area contributed by atoms with Crippen LogP contribution in [0.3, 0.4) is 0 Å². The van der Waals surface area contributed by atoms with Crippen molar-refractivity contribution < 1.29 is 27.9 Å². The maximum atomic E-state index is 12.0. The molecule has 0 aliphatic carbocycles. The molecule has 0 amide bonds. The molecule has 140 valence electrons. The predicted molar refractivity (Wildman–Crippen MR) is 97.0 cm³/mol. The molecule has 3 aromatic rings. The summed E-state index contributed by atoms with van der Waals surface area (Å²) in [6.45, 7) is 1.69. The summed E-state index contributed by atoms with van der Waals surface area (Å²) in [6.07, 6.45) is 0.627. The van der Waals surface area contributed by atoms with Crippen LogP contribution in [0.5, 0.6) is 0 Å². The first-order valence-corrected chi connectivity index (χ1v) is 8.54. The fraction of sp³-hybridized carbons (Fsp3) is 0.238. The molecular formula is C21H20O6. The van der Waals surface area contributed by atoms with E-state index in [0.29, 0.717) is 23.5 Å². The van der Waals surface area contributed by atoms with Crippen LogP contribution < -0.4 is 0 Å². The van der Waals surface area contributed by atoms with Crippen LogP contribution in [0.1, 0.15) is 34.1 Å². The van der Waals surface area contributed by atoms with Crippen molar-refractivity contribution in [1.82, 2.24) is 0 Å². The Morgan fingerprint density at radius 3 is 2.52 bits per heavy atom. The average Bonchev–Trinajstić information content (AvgIpc) is 3.31. The summed E-state index contributed by atoms with van der Waals surface area (Å²) in [5.41, 5.74) is 1.62. The molecule has 0 bridgehead atoms. The van der Waals surface area contributed by atoms with Crippen LogP contribution >= 0.6 is 0 Å². The number of benzene rings is 1. The maximum absolute atomic E-state index is 12.0. The van der Waals surface area contributed by atoms with Gasteiger partial charge in [0.1, 0.15) is 23.9 Å². The van der Waals surface area contributed by atoms with Gasteiger partial charge in [0, 0.05) is 17.5 Å². The zero-order chi connectivity index (χ0) is 19.2. The van der Waals surface area contributed by atoms with Gasteiger partial charge in [0.15, 0.2) is 0 Å². The second kappa shape index (κ2) is 8.40. The lowest BCUT2D eigenvalue weighted by Gasteiger charge is -2.02. The minimum absolute atomic E-state index is 0.0376. The van der Waals surface area contributed by atoms with E-state index in [9.17, 15) is 9.59 Å². The summed E-state index contributed by atoms with van der Waals surface area (Å²) >= 11 is 0. The van der Waals surface area contributed by atoms with E-state index in [1.54, 1.807) is 13.0 Å². The van der Waals surface area contributed by atoms with E-state index in [0.717, 1.165) is 11.3 Å². The molecule has 6 nitrogen and oxygen atoms in total. The number of hydrogen-bond acceptors (Lipinski definition) is 6. The lowest BCUT2D eigenvalue weighted by molar-refractivity contribution is -0.145. The SMILES string of the molecule is COC(=O)c1oc(COC(=O)CCc2ccc(-c3ccccc3)o2)cc1C. The van der Waals surface area contributed by atoms with Crippen LogP contribution in [0, 0.1) is 6.92 Å². The number of carbonyl (C=O) groups excluding carboxylic acids is 2. The van der Waals surface area contributed by atoms with Gasteiger partial charge in [0.2, 0.25) is 5.76 Å². The second-order valence-corrected chi connectivity index (χ2v) is 6.01. The van der Waals surface area contributed by atoms with E-state index in [2.05, 4.69) is 4.74 Å². The Morgan fingerprint density at radius 1 is 1.00 bits per heavy atom. The van der Waals surface area contributed by atoms with Gasteiger partial charge in [0.05, 0.1) is 13.5 Å². The molecule has 0 fully saturated rings. The van der Waals surface area contributed by atoms with Gasteiger partial charge in [-0.15, -0.1) is 0 Å². The minimum Gasteiger partial charge on any atom is -0.463 e. The summed E-state index contributed by atoms with van der Waals surface area (Å²) in [5.74, 6) is 1.06. The zero-order valence-electron chi connectivity index (χ0n) is 15.2. The van der Waals surface area contributed by atoms with Gasteiger partial charge < -0.3 is 18.3 Å². The van der Waals surface area contributed by atoms with E-state index in [4.69, 9.17) is 13.6 Å². The summed E-state index contributed by atoms with van der Waals surface area (Å²) < 4.78 is 20.9. The lowest BCUT2D eigenvalue weighted by Crippen LogP contribution is -2.05. The molecule has 6 heteroatoms. The number of furan rings is 2. The van der Waals surface area contributed by atoms with Gasteiger partial charge in [-0.25, -0.2) is 4.79 Å². The monoisotopic (exact) mass is 368 g/mol. The molecule has 27 heavy (non-hydrogen) atoms. The molecule has 1 aromatic carbocycles. The molecule has 0 spiro atoms. The highest BCUT2D eigenvalue weighted by atomic mass is 16.5. The number of ether oxygens (including phenoxy) is 2.